The van der Waals surface area contributed by atoms with Crippen LogP contribution in [-0.4, -0.2) is 5.43 Å². The van der Waals surface area contributed by atoms with Gasteiger partial charge in [-0.25, -0.2) is 0 Å². The van der Waals surface area contributed by atoms with Gasteiger partial charge in [-0.2, -0.15) is 0 Å². The van der Waals surface area contributed by atoms with Crippen LogP contribution < -0.4 is 0 Å². The summed E-state index contributed by atoms with van der Waals surface area (Å²) < 4.78 is 49.0. The molecule has 129 valence electrons. The van der Waals surface area contributed by atoms with Crippen LogP contribution in [0, 0.1) is 0 Å². The van der Waals surface area contributed by atoms with E-state index in [2.05, 4.69) is 0 Å². The van der Waals surface area contributed by atoms with Crippen LogP contribution >= 0.6 is 0 Å². The van der Waals surface area contributed by atoms with Gasteiger partial charge in [-0.1, -0.05) is 0 Å². The van der Waals surface area contributed by atoms with Crippen molar-refractivity contribution in [2.24, 2.45) is 0 Å². The van der Waals surface area contributed by atoms with Gasteiger partial charge in [0.25, 0.3) is 0 Å². The SMILES string of the molecule is CCCC[Si](C)=[Zr]([F])([F])([F])([C]1=CC=CC1)[C]1=CC(CCC)=CC1. The Labute approximate surface area is 138 Å². The Bertz CT molecular complexity index is 703. The van der Waals surface area contributed by atoms with Crippen molar-refractivity contribution < 1.29 is 25.6 Å². The van der Waals surface area contributed by atoms with Crippen molar-refractivity contribution in [2.45, 2.75) is 65.0 Å². The molecule has 0 unspecified atom stereocenters. The Morgan fingerprint density at radius 2 is 1.83 bits per heavy atom. The molecule has 0 aromatic rings. The first kappa shape index (κ1) is 19.2. The summed E-state index contributed by atoms with van der Waals surface area (Å²) in [5.41, 5.74) is -1.50. The van der Waals surface area contributed by atoms with E-state index in [-0.39, 0.29) is 19.4 Å². The monoisotopic (exact) mass is 419 g/mol. The summed E-state index contributed by atoms with van der Waals surface area (Å²) in [5.74, 6) is 0. The first-order valence-corrected chi connectivity index (χ1v) is 19.9. The van der Waals surface area contributed by atoms with Gasteiger partial charge in [-0.3, -0.25) is 0 Å². The topological polar surface area (TPSA) is 0 Å². The van der Waals surface area contributed by atoms with E-state index < -0.39 is 23.2 Å². The molecule has 0 aliphatic heterocycles. The van der Waals surface area contributed by atoms with Crippen molar-refractivity contribution in [1.29, 1.82) is 0 Å². The van der Waals surface area contributed by atoms with Crippen molar-refractivity contribution in [2.75, 3.05) is 0 Å². The van der Waals surface area contributed by atoms with E-state index in [0.717, 1.165) is 24.8 Å². The zero-order valence-corrected chi connectivity index (χ0v) is 17.9. The first-order valence-electron chi connectivity index (χ1n) is 8.78. The Hall–Kier alpha value is -0.150. The average Bonchev–Trinajstić information content (AvgIpc) is 3.17. The predicted molar refractivity (Wildman–Crippen MR) is 92.2 cm³/mol. The molecule has 2 aliphatic carbocycles. The molecule has 0 aromatic carbocycles. The maximum absolute atomic E-state index is 16.4. The number of hydrogen-bond donors (Lipinski definition) is 0. The third-order valence-corrected chi connectivity index (χ3v) is 35.9. The molecule has 0 N–H and O–H groups in total. The van der Waals surface area contributed by atoms with Crippen molar-refractivity contribution in [3.63, 3.8) is 0 Å². The van der Waals surface area contributed by atoms with E-state index in [9.17, 15) is 0 Å². The quantitative estimate of drug-likeness (QED) is 0.384. The predicted octanol–water partition coefficient (Wildman–Crippen LogP) is 7.14. The number of hydrogen-bond acceptors (Lipinski definition) is 0. The molecule has 0 fully saturated rings. The zero-order chi connectivity index (χ0) is 17.2. The van der Waals surface area contributed by atoms with Gasteiger partial charge in [0.2, 0.25) is 0 Å². The van der Waals surface area contributed by atoms with Crippen LogP contribution in [0.1, 0.15) is 52.4 Å². The van der Waals surface area contributed by atoms with E-state index in [1.807, 2.05) is 19.9 Å². The molecule has 0 atom stereocenters. The molecule has 0 heterocycles. The van der Waals surface area contributed by atoms with Crippen molar-refractivity contribution >= 4 is 5.43 Å². The van der Waals surface area contributed by atoms with Crippen LogP contribution in [-0.2, 0) is 17.7 Å². The molecule has 0 nitrogen and oxygen atoms in total. The van der Waals surface area contributed by atoms with E-state index >= 15 is 7.88 Å². The normalized spacial score (nSPS) is 20.7. The molecule has 0 spiro atoms. The fourth-order valence-electron chi connectivity index (χ4n) is 3.72. The summed E-state index contributed by atoms with van der Waals surface area (Å²) in [6, 6.07) is 0.361. The molecule has 0 saturated carbocycles. The molecule has 0 amide bonds. The number of allylic oxidation sites excluding steroid dienone is 8. The van der Waals surface area contributed by atoms with Gasteiger partial charge in [0.1, 0.15) is 0 Å². The molecule has 0 aromatic heterocycles. The second-order valence-corrected chi connectivity index (χ2v) is 32.0. The van der Waals surface area contributed by atoms with Gasteiger partial charge in [0, 0.05) is 0 Å². The Kier molecular flexibility index (Phi) is 5.25. The summed E-state index contributed by atoms with van der Waals surface area (Å²) in [7, 11) is 0. The third-order valence-electron chi connectivity index (χ3n) is 5.44. The van der Waals surface area contributed by atoms with Crippen LogP contribution in [0.5, 0.6) is 0 Å². The maximum atomic E-state index is 16.4. The Morgan fingerprint density at radius 3 is 2.39 bits per heavy atom. The summed E-state index contributed by atoms with van der Waals surface area (Å²) in [6.07, 6.45) is 11.4. The average molecular weight is 421 g/mol. The summed E-state index contributed by atoms with van der Waals surface area (Å²) in [5, 5.41) is 0. The number of rotatable bonds is 7. The molecule has 0 radical (unpaired) electrons. The molecular weight excluding hydrogens is 393 g/mol. The Morgan fingerprint density at radius 1 is 1.09 bits per heavy atom. The van der Waals surface area contributed by atoms with E-state index in [4.69, 9.17) is 0 Å². The molecule has 2 aliphatic rings. The van der Waals surface area contributed by atoms with Crippen molar-refractivity contribution in [3.8, 4) is 0 Å². The van der Waals surface area contributed by atoms with Gasteiger partial charge in [-0.05, 0) is 0 Å². The molecule has 23 heavy (non-hydrogen) atoms. The van der Waals surface area contributed by atoms with Crippen LogP contribution in [0.4, 0.5) is 7.88 Å². The summed E-state index contributed by atoms with van der Waals surface area (Å²) in [6.45, 7) is 5.55. The van der Waals surface area contributed by atoms with Crippen LogP contribution in [0.25, 0.3) is 0 Å². The third kappa shape index (κ3) is 3.08. The van der Waals surface area contributed by atoms with Gasteiger partial charge in [0.15, 0.2) is 0 Å². The fourth-order valence-corrected chi connectivity index (χ4v) is 27.7. The second kappa shape index (κ2) is 6.29. The minimum atomic E-state index is -8.07. The first-order chi connectivity index (χ1) is 10.7. The molecule has 2 rings (SSSR count). The van der Waals surface area contributed by atoms with Gasteiger partial charge < -0.3 is 0 Å². The van der Waals surface area contributed by atoms with Crippen LogP contribution in [0.2, 0.25) is 12.6 Å². The van der Waals surface area contributed by atoms with Crippen LogP contribution in [0.3, 0.4) is 0 Å². The molecule has 0 bridgehead atoms. The number of halogens is 3. The van der Waals surface area contributed by atoms with Gasteiger partial charge in [-0.15, -0.1) is 0 Å². The summed E-state index contributed by atoms with van der Waals surface area (Å²) in [4.78, 5) is 0. The van der Waals surface area contributed by atoms with Gasteiger partial charge in [0.05, 0.1) is 0 Å². The summed E-state index contributed by atoms with van der Waals surface area (Å²) >= 11 is -8.07. The molecular formula is C18H28F3SiZr. The van der Waals surface area contributed by atoms with Crippen molar-refractivity contribution in [3.05, 3.63) is 42.5 Å². The Balaban J connectivity index is 2.66. The van der Waals surface area contributed by atoms with Crippen LogP contribution in [0.15, 0.2) is 42.5 Å². The zero-order valence-electron chi connectivity index (χ0n) is 14.5. The van der Waals surface area contributed by atoms with E-state index in [0.29, 0.717) is 12.5 Å². The molecule has 0 saturated heterocycles. The molecule has 5 heteroatoms. The van der Waals surface area contributed by atoms with E-state index in [1.54, 1.807) is 18.7 Å². The fraction of sp³-hybridized carbons (Fsp3) is 0.556. The van der Waals surface area contributed by atoms with Gasteiger partial charge >= 0.3 is 139 Å². The van der Waals surface area contributed by atoms with E-state index in [1.165, 1.54) is 12.2 Å². The number of unbranched alkanes of at least 4 members (excludes halogenated alkanes) is 1. The minimum absolute atomic E-state index is 0.0927. The second-order valence-electron chi connectivity index (χ2n) is 7.05. The standard InChI is InChI=1S/C8H11.C5H12Si.C5H5.3FH.Zr/c1-2-5-8-6-3-4-7-8;1-3-4-5-6-2;1-2-4-5-3-1;;;;/h6-7H,2-3,5H2,1H3;3-5H2,1-2H3;1-3H,4H2;3*1H;/q;;;;;;+3/p-3. The van der Waals surface area contributed by atoms with Crippen molar-refractivity contribution in [1.82, 2.24) is 0 Å².